The molecule has 3 rings (SSSR count). The molecule has 0 aliphatic rings. The van der Waals surface area contributed by atoms with Crippen LogP contribution in [-0.4, -0.2) is 11.4 Å². The second-order valence-electron chi connectivity index (χ2n) is 4.48. The van der Waals surface area contributed by atoms with Crippen LogP contribution >= 0.6 is 0 Å². The highest BCUT2D eigenvalue weighted by Crippen LogP contribution is 2.36. The fourth-order valence-corrected chi connectivity index (χ4v) is 1.94. The van der Waals surface area contributed by atoms with Crippen molar-refractivity contribution in [2.45, 2.75) is 6.18 Å². The molecule has 0 aliphatic heterocycles. The van der Waals surface area contributed by atoms with Crippen molar-refractivity contribution in [2.75, 3.05) is 0 Å². The molecule has 0 N–H and O–H groups in total. The number of carbonyl (C=O) groups is 1. The molecule has 112 valence electrons. The van der Waals surface area contributed by atoms with Crippen molar-refractivity contribution in [3.05, 3.63) is 53.7 Å². The van der Waals surface area contributed by atoms with E-state index in [1.54, 1.807) is 24.3 Å². The number of aldehydes is 1. The maximum absolute atomic E-state index is 12.8. The lowest BCUT2D eigenvalue weighted by molar-refractivity contribution is -0.141. The fraction of sp³-hybridized carbons (Fsp3) is 0.0667. The SMILES string of the molecule is O=Cc1ccc(Oc2ccc3onc(C(F)(F)F)c3c2)cc1. The zero-order valence-corrected chi connectivity index (χ0v) is 10.9. The Morgan fingerprint density at radius 3 is 2.36 bits per heavy atom. The van der Waals surface area contributed by atoms with Gasteiger partial charge >= 0.3 is 6.18 Å². The van der Waals surface area contributed by atoms with Crippen LogP contribution in [0, 0.1) is 0 Å². The minimum atomic E-state index is -4.60. The number of hydrogen-bond donors (Lipinski definition) is 0. The summed E-state index contributed by atoms with van der Waals surface area (Å²) in [4.78, 5) is 10.6. The lowest BCUT2D eigenvalue weighted by Crippen LogP contribution is -2.05. The van der Waals surface area contributed by atoms with Gasteiger partial charge in [0.2, 0.25) is 0 Å². The van der Waals surface area contributed by atoms with Gasteiger partial charge in [0, 0.05) is 5.56 Å². The summed E-state index contributed by atoms with van der Waals surface area (Å²) in [7, 11) is 0. The summed E-state index contributed by atoms with van der Waals surface area (Å²) in [6.45, 7) is 0. The predicted molar refractivity (Wildman–Crippen MR) is 70.9 cm³/mol. The van der Waals surface area contributed by atoms with Gasteiger partial charge in [0.25, 0.3) is 0 Å². The summed E-state index contributed by atoms with van der Waals surface area (Å²) >= 11 is 0. The molecule has 0 atom stereocenters. The van der Waals surface area contributed by atoms with Crippen LogP contribution in [0.5, 0.6) is 11.5 Å². The molecule has 1 heterocycles. The second kappa shape index (κ2) is 5.18. The summed E-state index contributed by atoms with van der Waals surface area (Å²) in [6, 6.07) is 10.2. The summed E-state index contributed by atoms with van der Waals surface area (Å²) in [6.07, 6.45) is -3.92. The van der Waals surface area contributed by atoms with E-state index in [9.17, 15) is 18.0 Å². The van der Waals surface area contributed by atoms with Gasteiger partial charge in [-0.1, -0.05) is 5.16 Å². The van der Waals surface area contributed by atoms with Gasteiger partial charge in [0.1, 0.15) is 17.8 Å². The van der Waals surface area contributed by atoms with Crippen LogP contribution in [0.2, 0.25) is 0 Å². The first kappa shape index (κ1) is 14.1. The Morgan fingerprint density at radius 1 is 1.05 bits per heavy atom. The number of aromatic nitrogens is 1. The molecular formula is C15H8F3NO3. The molecule has 0 bridgehead atoms. The molecule has 0 radical (unpaired) electrons. The van der Waals surface area contributed by atoms with E-state index in [0.717, 1.165) is 0 Å². The third kappa shape index (κ3) is 2.65. The molecule has 0 fully saturated rings. The van der Waals surface area contributed by atoms with Crippen molar-refractivity contribution in [1.29, 1.82) is 0 Å². The smallest absolute Gasteiger partial charge is 0.437 e. The molecule has 0 saturated carbocycles. The molecule has 2 aromatic carbocycles. The number of halogens is 3. The van der Waals surface area contributed by atoms with Gasteiger partial charge in [-0.25, -0.2) is 0 Å². The van der Waals surface area contributed by atoms with Gasteiger partial charge in [0.05, 0.1) is 5.39 Å². The van der Waals surface area contributed by atoms with Crippen LogP contribution in [0.15, 0.2) is 47.0 Å². The Balaban J connectivity index is 1.95. The molecule has 4 nitrogen and oxygen atoms in total. The molecule has 0 saturated heterocycles. The summed E-state index contributed by atoms with van der Waals surface area (Å²) in [5.74, 6) is 0.606. The van der Waals surface area contributed by atoms with E-state index in [2.05, 4.69) is 9.68 Å². The summed E-state index contributed by atoms with van der Waals surface area (Å²) < 4.78 is 48.5. The largest absolute Gasteiger partial charge is 0.457 e. The van der Waals surface area contributed by atoms with Crippen molar-refractivity contribution in [3.63, 3.8) is 0 Å². The zero-order valence-electron chi connectivity index (χ0n) is 10.9. The standard InChI is InChI=1S/C15H8F3NO3/c16-15(17,18)14-12-7-11(5-6-13(12)22-19-14)21-10-3-1-9(8-20)2-4-10/h1-8H. The lowest BCUT2D eigenvalue weighted by Gasteiger charge is -2.06. The van der Waals surface area contributed by atoms with Gasteiger partial charge in [-0.2, -0.15) is 13.2 Å². The van der Waals surface area contributed by atoms with Crippen LogP contribution in [-0.2, 0) is 6.18 Å². The molecule has 0 aliphatic carbocycles. The minimum absolute atomic E-state index is 0.0241. The number of alkyl halides is 3. The lowest BCUT2D eigenvalue weighted by atomic mass is 10.2. The van der Waals surface area contributed by atoms with E-state index >= 15 is 0 Å². The quantitative estimate of drug-likeness (QED) is 0.671. The average molecular weight is 307 g/mol. The van der Waals surface area contributed by atoms with Gasteiger partial charge in [0.15, 0.2) is 11.3 Å². The van der Waals surface area contributed by atoms with Crippen molar-refractivity contribution < 1.29 is 27.2 Å². The number of hydrogen-bond acceptors (Lipinski definition) is 4. The Kier molecular flexibility index (Phi) is 3.32. The number of fused-ring (bicyclic) bond motifs is 1. The molecule has 1 aromatic heterocycles. The first-order valence-electron chi connectivity index (χ1n) is 6.17. The average Bonchev–Trinajstić information content (AvgIpc) is 2.91. The number of benzene rings is 2. The highest BCUT2D eigenvalue weighted by Gasteiger charge is 2.37. The number of ether oxygens (including phenoxy) is 1. The van der Waals surface area contributed by atoms with E-state index in [0.29, 0.717) is 17.6 Å². The van der Waals surface area contributed by atoms with Crippen molar-refractivity contribution >= 4 is 17.3 Å². The monoisotopic (exact) mass is 307 g/mol. The normalized spacial score (nSPS) is 11.6. The summed E-state index contributed by atoms with van der Waals surface area (Å²) in [5, 5.41) is 2.87. The second-order valence-corrected chi connectivity index (χ2v) is 4.48. The molecule has 0 spiro atoms. The van der Waals surface area contributed by atoms with Crippen LogP contribution in [0.25, 0.3) is 11.0 Å². The van der Waals surface area contributed by atoms with E-state index in [1.807, 2.05) is 0 Å². The third-order valence-corrected chi connectivity index (χ3v) is 2.96. The van der Waals surface area contributed by atoms with Crippen LogP contribution in [0.4, 0.5) is 13.2 Å². The molecular weight excluding hydrogens is 299 g/mol. The Morgan fingerprint density at radius 2 is 1.73 bits per heavy atom. The number of rotatable bonds is 3. The van der Waals surface area contributed by atoms with Crippen LogP contribution in [0.1, 0.15) is 16.1 Å². The van der Waals surface area contributed by atoms with Gasteiger partial charge in [-0.05, 0) is 42.5 Å². The number of nitrogens with zero attached hydrogens (tertiary/aromatic N) is 1. The van der Waals surface area contributed by atoms with Gasteiger partial charge in [-0.15, -0.1) is 0 Å². The number of carbonyl (C=O) groups excluding carboxylic acids is 1. The molecule has 0 amide bonds. The van der Waals surface area contributed by atoms with E-state index in [-0.39, 0.29) is 16.7 Å². The molecule has 22 heavy (non-hydrogen) atoms. The first-order chi connectivity index (χ1) is 10.5. The molecule has 7 heteroatoms. The van der Waals surface area contributed by atoms with E-state index < -0.39 is 11.9 Å². The van der Waals surface area contributed by atoms with Gasteiger partial charge < -0.3 is 9.26 Å². The van der Waals surface area contributed by atoms with Crippen LogP contribution < -0.4 is 4.74 Å². The Hall–Kier alpha value is -2.83. The van der Waals surface area contributed by atoms with E-state index in [1.165, 1.54) is 18.2 Å². The van der Waals surface area contributed by atoms with Gasteiger partial charge in [-0.3, -0.25) is 4.79 Å². The first-order valence-corrected chi connectivity index (χ1v) is 6.17. The Labute approximate surface area is 122 Å². The third-order valence-electron chi connectivity index (χ3n) is 2.96. The predicted octanol–water partition coefficient (Wildman–Crippen LogP) is 4.45. The highest BCUT2D eigenvalue weighted by atomic mass is 19.4. The van der Waals surface area contributed by atoms with Crippen LogP contribution in [0.3, 0.4) is 0 Å². The summed E-state index contributed by atoms with van der Waals surface area (Å²) in [5.41, 5.74) is -0.596. The fourth-order valence-electron chi connectivity index (χ4n) is 1.94. The molecule has 0 unspecified atom stereocenters. The van der Waals surface area contributed by atoms with Crippen molar-refractivity contribution in [3.8, 4) is 11.5 Å². The minimum Gasteiger partial charge on any atom is -0.457 e. The maximum Gasteiger partial charge on any atom is 0.437 e. The maximum atomic E-state index is 12.8. The van der Waals surface area contributed by atoms with E-state index in [4.69, 9.17) is 4.74 Å². The highest BCUT2D eigenvalue weighted by molar-refractivity contribution is 5.81. The molecule has 3 aromatic rings. The topological polar surface area (TPSA) is 52.3 Å². The Bertz CT molecular complexity index is 822. The van der Waals surface area contributed by atoms with Crippen molar-refractivity contribution in [1.82, 2.24) is 5.16 Å². The zero-order chi connectivity index (χ0) is 15.7. The van der Waals surface area contributed by atoms with Crippen molar-refractivity contribution in [2.24, 2.45) is 0 Å².